The molecule has 0 aliphatic heterocycles. The molecule has 0 saturated carbocycles. The van der Waals surface area contributed by atoms with Gasteiger partial charge in [-0.2, -0.15) is 0 Å². The van der Waals surface area contributed by atoms with Crippen molar-refractivity contribution >= 4 is 36.3 Å². The van der Waals surface area contributed by atoms with E-state index in [9.17, 15) is 0 Å². The summed E-state index contributed by atoms with van der Waals surface area (Å²) in [5.74, 6) is 0. The van der Waals surface area contributed by atoms with Crippen LogP contribution in [0.2, 0.25) is 23.2 Å². The number of hydrogen-bond donors (Lipinski definition) is 0. The van der Waals surface area contributed by atoms with Crippen LogP contribution in [0.15, 0.2) is 22.7 Å². The van der Waals surface area contributed by atoms with E-state index in [1.54, 1.807) is 0 Å². The van der Waals surface area contributed by atoms with Crippen molar-refractivity contribution in [3.05, 3.63) is 33.3 Å². The summed E-state index contributed by atoms with van der Waals surface area (Å²) < 4.78 is 6.97. The highest BCUT2D eigenvalue weighted by Crippen LogP contribution is 2.28. The van der Waals surface area contributed by atoms with E-state index in [1.807, 2.05) is 18.2 Å². The Morgan fingerprint density at radius 1 is 1.32 bits per heavy atom. The van der Waals surface area contributed by atoms with Gasteiger partial charge in [-0.1, -0.05) is 54.5 Å². The zero-order valence-electron chi connectivity index (χ0n) is 12.3. The monoisotopic (exact) mass is 362 g/mol. The molecule has 0 fully saturated rings. The number of aryl methyl sites for hydroxylation is 1. The highest BCUT2D eigenvalue weighted by molar-refractivity contribution is 9.10. The Kier molecular flexibility index (Phi) is 7.09. The quantitative estimate of drug-likeness (QED) is 0.470. The van der Waals surface area contributed by atoms with Crippen molar-refractivity contribution in [2.75, 3.05) is 13.2 Å². The third-order valence-electron chi connectivity index (χ3n) is 3.78. The van der Waals surface area contributed by atoms with E-state index in [1.165, 1.54) is 5.56 Å². The fourth-order valence-electron chi connectivity index (χ4n) is 1.60. The van der Waals surface area contributed by atoms with Gasteiger partial charge in [-0.3, -0.25) is 0 Å². The van der Waals surface area contributed by atoms with Gasteiger partial charge in [0.15, 0.2) is 0 Å². The van der Waals surface area contributed by atoms with Crippen LogP contribution < -0.4 is 0 Å². The average Bonchev–Trinajstić information content (AvgIpc) is 2.32. The largest absolute Gasteiger partial charge is 0.381 e. The highest BCUT2D eigenvalue weighted by atomic mass is 79.9. The molecule has 1 aromatic carbocycles. The third kappa shape index (κ3) is 5.98. The van der Waals surface area contributed by atoms with Gasteiger partial charge < -0.3 is 4.74 Å². The van der Waals surface area contributed by atoms with E-state index in [-0.39, 0.29) is 0 Å². The molecule has 0 unspecified atom stereocenters. The molecule has 108 valence electrons. The van der Waals surface area contributed by atoms with Gasteiger partial charge in [-0.05, 0) is 41.6 Å². The molecule has 0 aliphatic rings. The maximum Gasteiger partial charge on any atom is 0.0490 e. The van der Waals surface area contributed by atoms with Crippen LogP contribution >= 0.6 is 27.5 Å². The van der Waals surface area contributed by atoms with E-state index in [0.29, 0.717) is 5.04 Å². The maximum absolute atomic E-state index is 6.00. The Balaban J connectivity index is 2.30. The lowest BCUT2D eigenvalue weighted by Gasteiger charge is -2.27. The lowest BCUT2D eigenvalue weighted by atomic mass is 10.1. The number of rotatable bonds is 7. The minimum absolute atomic E-state index is 0.386. The van der Waals surface area contributed by atoms with Crippen LogP contribution in [-0.4, -0.2) is 22.0 Å². The SMILES string of the molecule is C[SiH](C)C(C)(C)COCCCc1cc(Cl)ccc1Br. The Labute approximate surface area is 132 Å². The first-order chi connectivity index (χ1) is 8.83. The fraction of sp³-hybridized carbons (Fsp3) is 0.600. The second kappa shape index (κ2) is 7.82. The van der Waals surface area contributed by atoms with Crippen LogP contribution in [0, 0.1) is 0 Å². The molecule has 4 heteroatoms. The first-order valence-corrected chi connectivity index (χ1v) is 10.9. The van der Waals surface area contributed by atoms with Crippen LogP contribution in [0.5, 0.6) is 0 Å². The minimum Gasteiger partial charge on any atom is -0.381 e. The van der Waals surface area contributed by atoms with E-state index < -0.39 is 8.80 Å². The zero-order chi connectivity index (χ0) is 14.5. The maximum atomic E-state index is 6.00. The van der Waals surface area contributed by atoms with Crippen LogP contribution in [0.1, 0.15) is 25.8 Å². The summed E-state index contributed by atoms with van der Waals surface area (Å²) in [7, 11) is -0.656. The predicted octanol–water partition coefficient (Wildman–Crippen LogP) is 5.32. The van der Waals surface area contributed by atoms with Crippen molar-refractivity contribution in [1.29, 1.82) is 0 Å². The van der Waals surface area contributed by atoms with Crippen LogP contribution in [-0.2, 0) is 11.2 Å². The van der Waals surface area contributed by atoms with Crippen molar-refractivity contribution < 1.29 is 4.74 Å². The molecule has 0 bridgehead atoms. The summed E-state index contributed by atoms with van der Waals surface area (Å²) in [4.78, 5) is 0. The second-order valence-corrected chi connectivity index (χ2v) is 11.2. The van der Waals surface area contributed by atoms with Crippen molar-refractivity contribution in [2.24, 2.45) is 0 Å². The molecule has 0 spiro atoms. The molecule has 0 aromatic heterocycles. The molecule has 0 saturated heterocycles. The van der Waals surface area contributed by atoms with Crippen LogP contribution in [0.4, 0.5) is 0 Å². The van der Waals surface area contributed by atoms with Gasteiger partial charge in [0, 0.05) is 31.5 Å². The summed E-state index contributed by atoms with van der Waals surface area (Å²) in [5, 5.41) is 1.18. The Bertz CT molecular complexity index is 407. The zero-order valence-corrected chi connectivity index (χ0v) is 15.8. The standard InChI is InChI=1S/C15H24BrClOSi/c1-15(2,19(3)4)11-18-9-5-6-12-10-13(17)7-8-14(12)16/h7-8,10,19H,5-6,9,11H2,1-4H3. The van der Waals surface area contributed by atoms with Gasteiger partial charge >= 0.3 is 0 Å². The topological polar surface area (TPSA) is 9.23 Å². The average molecular weight is 364 g/mol. The van der Waals surface area contributed by atoms with Gasteiger partial charge in [0.2, 0.25) is 0 Å². The lowest BCUT2D eigenvalue weighted by molar-refractivity contribution is 0.111. The summed E-state index contributed by atoms with van der Waals surface area (Å²) in [6, 6.07) is 5.93. The molecule has 0 heterocycles. The van der Waals surface area contributed by atoms with Crippen LogP contribution in [0.3, 0.4) is 0 Å². The van der Waals surface area contributed by atoms with Crippen molar-refractivity contribution in [3.8, 4) is 0 Å². The number of halogens is 2. The molecule has 0 atom stereocenters. The molecule has 1 rings (SSSR count). The lowest BCUT2D eigenvalue weighted by Crippen LogP contribution is -2.26. The highest BCUT2D eigenvalue weighted by Gasteiger charge is 2.23. The normalized spacial score (nSPS) is 12.2. The summed E-state index contributed by atoms with van der Waals surface area (Å²) in [6.45, 7) is 11.1. The van der Waals surface area contributed by atoms with Crippen molar-refractivity contribution in [2.45, 2.75) is 44.8 Å². The van der Waals surface area contributed by atoms with E-state index in [4.69, 9.17) is 16.3 Å². The third-order valence-corrected chi connectivity index (χ3v) is 8.08. The fourth-order valence-corrected chi connectivity index (χ4v) is 2.69. The molecule has 0 aliphatic carbocycles. The van der Waals surface area contributed by atoms with E-state index in [2.05, 4.69) is 42.9 Å². The molecular formula is C15H24BrClOSi. The molecule has 0 amide bonds. The molecule has 0 radical (unpaired) electrons. The van der Waals surface area contributed by atoms with Gasteiger partial charge in [0.05, 0.1) is 0 Å². The van der Waals surface area contributed by atoms with E-state index in [0.717, 1.165) is 35.6 Å². The molecule has 1 aromatic rings. The first-order valence-electron chi connectivity index (χ1n) is 6.84. The van der Waals surface area contributed by atoms with E-state index >= 15 is 0 Å². The minimum atomic E-state index is -0.656. The molecule has 19 heavy (non-hydrogen) atoms. The van der Waals surface area contributed by atoms with Gasteiger partial charge in [0.25, 0.3) is 0 Å². The molecular weight excluding hydrogens is 340 g/mol. The van der Waals surface area contributed by atoms with Crippen LogP contribution in [0.25, 0.3) is 0 Å². The second-order valence-electron chi connectivity index (χ2n) is 6.04. The Hall–Kier alpha value is 0.167. The number of ether oxygens (including phenoxy) is 1. The smallest absolute Gasteiger partial charge is 0.0490 e. The van der Waals surface area contributed by atoms with Gasteiger partial charge in [0.1, 0.15) is 0 Å². The Morgan fingerprint density at radius 3 is 2.63 bits per heavy atom. The molecule has 0 N–H and O–H groups in total. The van der Waals surface area contributed by atoms with Gasteiger partial charge in [-0.15, -0.1) is 0 Å². The number of benzene rings is 1. The summed E-state index contributed by atoms with van der Waals surface area (Å²) in [5.41, 5.74) is 1.26. The van der Waals surface area contributed by atoms with Gasteiger partial charge in [-0.25, -0.2) is 0 Å². The molecule has 1 nitrogen and oxygen atoms in total. The Morgan fingerprint density at radius 2 is 2.00 bits per heavy atom. The summed E-state index contributed by atoms with van der Waals surface area (Å²) in [6.07, 6.45) is 2.04. The first kappa shape index (κ1) is 17.2. The predicted molar refractivity (Wildman–Crippen MR) is 91.2 cm³/mol. The summed E-state index contributed by atoms with van der Waals surface area (Å²) >= 11 is 9.56. The van der Waals surface area contributed by atoms with Crippen molar-refractivity contribution in [1.82, 2.24) is 0 Å². The number of hydrogen-bond acceptors (Lipinski definition) is 1. The van der Waals surface area contributed by atoms with Crippen molar-refractivity contribution in [3.63, 3.8) is 0 Å².